The van der Waals surface area contributed by atoms with E-state index < -0.39 is 22.9 Å². The molecular weight excluding hydrogens is 200 g/mol. The van der Waals surface area contributed by atoms with Gasteiger partial charge in [-0.15, -0.1) is 0 Å². The van der Waals surface area contributed by atoms with Gasteiger partial charge in [-0.3, -0.25) is 9.27 Å². The molecule has 0 spiro atoms. The monoisotopic (exact) mass is 207 g/mol. The second kappa shape index (κ2) is 3.80. The molecule has 1 aromatic carbocycles. The third kappa shape index (κ3) is 2.46. The smallest absolute Gasteiger partial charge is 0.259 e. The highest BCUT2D eigenvalue weighted by Crippen LogP contribution is 2.20. The fraction of sp³-hybridized carbons (Fsp3) is 0.143. The number of anilines is 1. The van der Waals surface area contributed by atoms with Gasteiger partial charge in [0.2, 0.25) is 0 Å². The van der Waals surface area contributed by atoms with Crippen LogP contribution in [0.25, 0.3) is 0 Å². The first-order valence-electron chi connectivity index (χ1n) is 3.34. The highest BCUT2D eigenvalue weighted by molar-refractivity contribution is 7.80. The normalized spacial score (nSPS) is 12.6. The van der Waals surface area contributed by atoms with E-state index in [-0.39, 0.29) is 11.3 Å². The van der Waals surface area contributed by atoms with Crippen molar-refractivity contribution in [3.05, 3.63) is 29.3 Å². The highest BCUT2D eigenvalue weighted by atomic mass is 32.2. The minimum Gasteiger partial charge on any atom is -0.289 e. The van der Waals surface area contributed by atoms with Crippen LogP contribution in [0, 0.1) is 18.6 Å². The summed E-state index contributed by atoms with van der Waals surface area (Å²) >= 11 is -2.36. The molecule has 3 nitrogen and oxygen atoms in total. The predicted molar refractivity (Wildman–Crippen MR) is 45.5 cm³/mol. The molecule has 0 aliphatic rings. The fourth-order valence-corrected chi connectivity index (χ4v) is 1.35. The van der Waals surface area contributed by atoms with Crippen LogP contribution in [-0.2, 0) is 11.3 Å². The second-order valence-corrected chi connectivity index (χ2v) is 3.13. The van der Waals surface area contributed by atoms with Crippen molar-refractivity contribution in [3.8, 4) is 0 Å². The topological polar surface area (TPSA) is 49.3 Å². The number of aryl methyl sites for hydroxylation is 1. The Labute approximate surface area is 76.2 Å². The minimum atomic E-state index is -2.36. The van der Waals surface area contributed by atoms with E-state index in [9.17, 15) is 13.0 Å². The predicted octanol–water partition coefficient (Wildman–Crippen LogP) is 1.82. The summed E-state index contributed by atoms with van der Waals surface area (Å²) in [5.74, 6) is -1.61. The highest BCUT2D eigenvalue weighted by Gasteiger charge is 2.09. The lowest BCUT2D eigenvalue weighted by Gasteiger charge is -2.06. The molecule has 0 aliphatic heterocycles. The van der Waals surface area contributed by atoms with Gasteiger partial charge in [0, 0.05) is 6.07 Å². The fourth-order valence-electron chi connectivity index (χ4n) is 0.919. The molecule has 0 saturated heterocycles. The third-order valence-electron chi connectivity index (χ3n) is 1.44. The maximum atomic E-state index is 12.9. The first-order chi connectivity index (χ1) is 6.00. The summed E-state index contributed by atoms with van der Waals surface area (Å²) in [5, 5.41) is 0. The molecule has 0 radical (unpaired) electrons. The molecule has 72 valence electrons. The summed E-state index contributed by atoms with van der Waals surface area (Å²) in [6, 6.07) is 1.71. The number of rotatable bonds is 2. The Hall–Kier alpha value is -1.01. The van der Waals surface area contributed by atoms with Crippen LogP contribution in [0.2, 0.25) is 0 Å². The molecule has 0 saturated carbocycles. The van der Waals surface area contributed by atoms with Crippen molar-refractivity contribution in [2.24, 2.45) is 0 Å². The second-order valence-electron chi connectivity index (χ2n) is 2.43. The van der Waals surface area contributed by atoms with Crippen LogP contribution < -0.4 is 4.72 Å². The van der Waals surface area contributed by atoms with Gasteiger partial charge in [0.15, 0.2) is 0 Å². The molecule has 2 N–H and O–H groups in total. The summed E-state index contributed by atoms with van der Waals surface area (Å²) in [6.45, 7) is 1.43. The quantitative estimate of drug-likeness (QED) is 0.727. The summed E-state index contributed by atoms with van der Waals surface area (Å²) in [6.07, 6.45) is 0. The lowest BCUT2D eigenvalue weighted by molar-refractivity contribution is 0.566. The molecule has 1 unspecified atom stereocenters. The Balaban J connectivity index is 3.13. The molecule has 6 heteroatoms. The zero-order chi connectivity index (χ0) is 10.0. The van der Waals surface area contributed by atoms with Crippen LogP contribution >= 0.6 is 0 Å². The first-order valence-corrected chi connectivity index (χ1v) is 4.44. The van der Waals surface area contributed by atoms with Crippen molar-refractivity contribution < 1.29 is 17.5 Å². The molecular formula is C7H7F2NO2S. The number of benzene rings is 1. The van der Waals surface area contributed by atoms with Crippen LogP contribution in [0.5, 0.6) is 0 Å². The van der Waals surface area contributed by atoms with Crippen LogP contribution in [0.3, 0.4) is 0 Å². The van der Waals surface area contributed by atoms with E-state index in [2.05, 4.69) is 0 Å². The first kappa shape index (κ1) is 10.1. The van der Waals surface area contributed by atoms with Crippen molar-refractivity contribution >= 4 is 17.0 Å². The number of nitrogens with one attached hydrogen (secondary N) is 1. The van der Waals surface area contributed by atoms with E-state index in [1.165, 1.54) is 6.92 Å². The summed E-state index contributed by atoms with van der Waals surface area (Å²) in [5.41, 5.74) is 0.0714. The molecule has 0 bridgehead atoms. The van der Waals surface area contributed by atoms with Gasteiger partial charge in [-0.25, -0.2) is 13.0 Å². The van der Waals surface area contributed by atoms with Gasteiger partial charge in [0.25, 0.3) is 11.3 Å². The lowest BCUT2D eigenvalue weighted by atomic mass is 10.2. The summed E-state index contributed by atoms with van der Waals surface area (Å²) in [4.78, 5) is 0. The Morgan fingerprint density at radius 2 is 2.08 bits per heavy atom. The molecule has 13 heavy (non-hydrogen) atoms. The molecule has 0 aliphatic carbocycles. The minimum absolute atomic E-state index is 0.165. The molecule has 1 atom stereocenters. The van der Waals surface area contributed by atoms with E-state index in [1.54, 1.807) is 0 Å². The summed E-state index contributed by atoms with van der Waals surface area (Å²) in [7, 11) is 0. The van der Waals surface area contributed by atoms with E-state index in [0.717, 1.165) is 6.07 Å². The third-order valence-corrected chi connectivity index (χ3v) is 1.82. The van der Waals surface area contributed by atoms with Gasteiger partial charge in [-0.2, -0.15) is 0 Å². The average Bonchev–Trinajstić information content (AvgIpc) is 1.96. The van der Waals surface area contributed by atoms with Crippen molar-refractivity contribution in [2.75, 3.05) is 4.72 Å². The number of hydrogen-bond donors (Lipinski definition) is 2. The number of halogens is 2. The SMILES string of the molecule is Cc1cc(F)cc(F)c1NS(=O)O. The van der Waals surface area contributed by atoms with Crippen molar-refractivity contribution in [2.45, 2.75) is 6.92 Å². The van der Waals surface area contributed by atoms with Gasteiger partial charge in [0.1, 0.15) is 11.6 Å². The zero-order valence-corrected chi connectivity index (χ0v) is 7.49. The number of hydrogen-bond acceptors (Lipinski definition) is 1. The molecule has 1 rings (SSSR count). The van der Waals surface area contributed by atoms with Crippen LogP contribution in [0.4, 0.5) is 14.5 Å². The van der Waals surface area contributed by atoms with Gasteiger partial charge in [-0.05, 0) is 18.6 Å². The van der Waals surface area contributed by atoms with Crippen molar-refractivity contribution in [1.29, 1.82) is 0 Å². The van der Waals surface area contributed by atoms with Gasteiger partial charge < -0.3 is 0 Å². The Kier molecular flexibility index (Phi) is 2.94. The van der Waals surface area contributed by atoms with Crippen molar-refractivity contribution in [1.82, 2.24) is 0 Å². The summed E-state index contributed by atoms with van der Waals surface area (Å²) < 4.78 is 46.1. The molecule has 0 fully saturated rings. The van der Waals surface area contributed by atoms with Gasteiger partial charge in [-0.1, -0.05) is 0 Å². The van der Waals surface area contributed by atoms with Crippen LogP contribution in [-0.4, -0.2) is 8.76 Å². The Bertz CT molecular complexity index is 333. The van der Waals surface area contributed by atoms with Gasteiger partial charge in [0.05, 0.1) is 5.69 Å². The van der Waals surface area contributed by atoms with E-state index in [1.807, 2.05) is 4.72 Å². The maximum Gasteiger partial charge on any atom is 0.259 e. The van der Waals surface area contributed by atoms with E-state index in [0.29, 0.717) is 6.07 Å². The molecule has 0 heterocycles. The Morgan fingerprint density at radius 3 is 2.54 bits per heavy atom. The van der Waals surface area contributed by atoms with E-state index in [4.69, 9.17) is 4.55 Å². The van der Waals surface area contributed by atoms with Gasteiger partial charge >= 0.3 is 0 Å². The van der Waals surface area contributed by atoms with Crippen molar-refractivity contribution in [3.63, 3.8) is 0 Å². The standard InChI is InChI=1S/C7H7F2NO2S/c1-4-2-5(8)3-6(9)7(4)10-13(11)12/h2-3,10H,1H3,(H,11,12). The molecule has 0 amide bonds. The average molecular weight is 207 g/mol. The van der Waals surface area contributed by atoms with Crippen LogP contribution in [0.15, 0.2) is 12.1 Å². The Morgan fingerprint density at radius 1 is 1.46 bits per heavy atom. The lowest BCUT2D eigenvalue weighted by Crippen LogP contribution is -2.06. The van der Waals surface area contributed by atoms with E-state index >= 15 is 0 Å². The largest absolute Gasteiger partial charge is 0.289 e. The van der Waals surface area contributed by atoms with Crippen LogP contribution in [0.1, 0.15) is 5.56 Å². The zero-order valence-electron chi connectivity index (χ0n) is 6.67. The molecule has 0 aromatic heterocycles. The molecule has 1 aromatic rings. The maximum absolute atomic E-state index is 12.9.